The van der Waals surface area contributed by atoms with Crippen molar-refractivity contribution in [1.29, 1.82) is 0 Å². The van der Waals surface area contributed by atoms with Gasteiger partial charge >= 0.3 is 0 Å². The van der Waals surface area contributed by atoms with Crippen LogP contribution in [0.3, 0.4) is 0 Å². The standard InChI is InChI=1S/C14H12BrFN2O/c1-9(10-2-4-11(15)5-3-10)14(19)18-13-6-7-17-8-12(13)16/h2-9H,1H3,(H,17,18,19)/t9-/m1/s1. The molecule has 1 N–H and O–H groups in total. The van der Waals surface area contributed by atoms with E-state index in [-0.39, 0.29) is 17.5 Å². The first kappa shape index (κ1) is 13.7. The first-order chi connectivity index (χ1) is 9.08. The van der Waals surface area contributed by atoms with Gasteiger partial charge in [0.2, 0.25) is 5.91 Å². The lowest BCUT2D eigenvalue weighted by atomic mass is 10.0. The summed E-state index contributed by atoms with van der Waals surface area (Å²) in [6.45, 7) is 1.78. The molecule has 0 aliphatic rings. The minimum atomic E-state index is -0.543. The summed E-state index contributed by atoms with van der Waals surface area (Å²) in [6.07, 6.45) is 2.50. The number of hydrogen-bond donors (Lipinski definition) is 1. The zero-order valence-corrected chi connectivity index (χ0v) is 11.8. The van der Waals surface area contributed by atoms with Crippen molar-refractivity contribution in [2.45, 2.75) is 12.8 Å². The minimum absolute atomic E-state index is 0.143. The van der Waals surface area contributed by atoms with Gasteiger partial charge in [-0.05, 0) is 30.7 Å². The van der Waals surface area contributed by atoms with E-state index in [1.54, 1.807) is 6.92 Å². The number of anilines is 1. The molecule has 0 spiro atoms. The molecule has 2 aromatic rings. The Hall–Kier alpha value is -1.75. The molecule has 5 heteroatoms. The maximum absolute atomic E-state index is 13.4. The zero-order valence-electron chi connectivity index (χ0n) is 10.2. The minimum Gasteiger partial charge on any atom is -0.323 e. The van der Waals surface area contributed by atoms with E-state index in [0.717, 1.165) is 16.2 Å². The molecule has 0 unspecified atom stereocenters. The fourth-order valence-electron chi connectivity index (χ4n) is 1.62. The Kier molecular flexibility index (Phi) is 4.27. The monoisotopic (exact) mass is 322 g/mol. The number of aromatic nitrogens is 1. The van der Waals surface area contributed by atoms with Crippen molar-refractivity contribution in [2.75, 3.05) is 5.32 Å². The molecule has 1 amide bonds. The summed E-state index contributed by atoms with van der Waals surface area (Å²) in [5.41, 5.74) is 1.01. The number of nitrogens with zero attached hydrogens (tertiary/aromatic N) is 1. The number of rotatable bonds is 3. The maximum atomic E-state index is 13.4. The second-order valence-electron chi connectivity index (χ2n) is 4.12. The first-order valence-corrected chi connectivity index (χ1v) is 6.53. The Labute approximate surface area is 119 Å². The smallest absolute Gasteiger partial charge is 0.231 e. The van der Waals surface area contributed by atoms with E-state index in [1.165, 1.54) is 12.3 Å². The Morgan fingerprint density at radius 1 is 1.32 bits per heavy atom. The number of carbonyl (C=O) groups is 1. The quantitative estimate of drug-likeness (QED) is 0.935. The summed E-state index contributed by atoms with van der Waals surface area (Å²) in [6, 6.07) is 8.88. The summed E-state index contributed by atoms with van der Waals surface area (Å²) in [5, 5.41) is 2.56. The average Bonchev–Trinajstić information content (AvgIpc) is 2.41. The van der Waals surface area contributed by atoms with Gasteiger partial charge in [0, 0.05) is 10.7 Å². The number of hydrogen-bond acceptors (Lipinski definition) is 2. The number of amides is 1. The van der Waals surface area contributed by atoms with Crippen molar-refractivity contribution >= 4 is 27.5 Å². The summed E-state index contributed by atoms with van der Waals surface area (Å²) in [4.78, 5) is 15.7. The number of halogens is 2. The van der Waals surface area contributed by atoms with E-state index in [0.29, 0.717) is 0 Å². The number of pyridine rings is 1. The van der Waals surface area contributed by atoms with Crippen molar-refractivity contribution in [2.24, 2.45) is 0 Å². The molecule has 0 aliphatic carbocycles. The number of carbonyl (C=O) groups excluding carboxylic acids is 1. The Morgan fingerprint density at radius 2 is 2.00 bits per heavy atom. The third-order valence-corrected chi connectivity index (χ3v) is 3.32. The van der Waals surface area contributed by atoms with Crippen LogP contribution in [0.1, 0.15) is 18.4 Å². The molecular weight excluding hydrogens is 311 g/mol. The third-order valence-electron chi connectivity index (χ3n) is 2.79. The highest BCUT2D eigenvalue weighted by Crippen LogP contribution is 2.21. The highest BCUT2D eigenvalue weighted by molar-refractivity contribution is 9.10. The Balaban J connectivity index is 2.12. The van der Waals surface area contributed by atoms with Gasteiger partial charge in [0.25, 0.3) is 0 Å². The van der Waals surface area contributed by atoms with Crippen molar-refractivity contribution in [3.8, 4) is 0 Å². The summed E-state index contributed by atoms with van der Waals surface area (Å²) >= 11 is 3.34. The molecule has 0 saturated carbocycles. The summed E-state index contributed by atoms with van der Waals surface area (Å²) in [7, 11) is 0. The number of benzene rings is 1. The highest BCUT2D eigenvalue weighted by atomic mass is 79.9. The largest absolute Gasteiger partial charge is 0.323 e. The normalized spacial score (nSPS) is 11.9. The molecule has 1 heterocycles. The van der Waals surface area contributed by atoms with Crippen LogP contribution >= 0.6 is 15.9 Å². The van der Waals surface area contributed by atoms with Crippen LogP contribution in [0.15, 0.2) is 47.2 Å². The van der Waals surface area contributed by atoms with Crippen LogP contribution in [0.4, 0.5) is 10.1 Å². The molecule has 1 aromatic heterocycles. The lowest BCUT2D eigenvalue weighted by Gasteiger charge is -2.13. The molecule has 0 radical (unpaired) electrons. The van der Waals surface area contributed by atoms with Crippen LogP contribution in [0.25, 0.3) is 0 Å². The average molecular weight is 323 g/mol. The highest BCUT2D eigenvalue weighted by Gasteiger charge is 2.16. The van der Waals surface area contributed by atoms with Gasteiger partial charge in [0.1, 0.15) is 0 Å². The van der Waals surface area contributed by atoms with Crippen LogP contribution in [0.2, 0.25) is 0 Å². The second-order valence-corrected chi connectivity index (χ2v) is 5.03. The second kappa shape index (κ2) is 5.93. The van der Waals surface area contributed by atoms with Gasteiger partial charge in [0.05, 0.1) is 17.8 Å². The molecule has 1 atom stereocenters. The van der Waals surface area contributed by atoms with Gasteiger partial charge in [-0.1, -0.05) is 28.1 Å². The predicted molar refractivity (Wildman–Crippen MR) is 75.4 cm³/mol. The van der Waals surface area contributed by atoms with Crippen LogP contribution in [-0.2, 0) is 4.79 Å². The Bertz CT molecular complexity index is 586. The Morgan fingerprint density at radius 3 is 2.63 bits per heavy atom. The third kappa shape index (κ3) is 3.38. The molecule has 19 heavy (non-hydrogen) atoms. The van der Waals surface area contributed by atoms with Crippen molar-refractivity contribution in [1.82, 2.24) is 4.98 Å². The molecule has 0 fully saturated rings. The van der Waals surface area contributed by atoms with Gasteiger partial charge in [-0.25, -0.2) is 4.39 Å². The van der Waals surface area contributed by atoms with Gasteiger partial charge in [-0.15, -0.1) is 0 Å². The lowest BCUT2D eigenvalue weighted by Crippen LogP contribution is -2.19. The maximum Gasteiger partial charge on any atom is 0.231 e. The van der Waals surface area contributed by atoms with E-state index < -0.39 is 5.82 Å². The SMILES string of the molecule is C[C@@H](C(=O)Nc1ccncc1F)c1ccc(Br)cc1. The molecule has 0 aliphatic heterocycles. The van der Waals surface area contributed by atoms with E-state index in [1.807, 2.05) is 24.3 Å². The molecule has 0 saturated heterocycles. The van der Waals surface area contributed by atoms with Gasteiger partial charge in [-0.3, -0.25) is 9.78 Å². The van der Waals surface area contributed by atoms with E-state index in [4.69, 9.17) is 0 Å². The molecule has 0 bridgehead atoms. The molecular formula is C14H12BrFN2O. The van der Waals surface area contributed by atoms with Gasteiger partial charge < -0.3 is 5.32 Å². The lowest BCUT2D eigenvalue weighted by molar-refractivity contribution is -0.117. The van der Waals surface area contributed by atoms with Crippen molar-refractivity contribution in [3.63, 3.8) is 0 Å². The van der Waals surface area contributed by atoms with Gasteiger partial charge in [0.15, 0.2) is 5.82 Å². The van der Waals surface area contributed by atoms with Gasteiger partial charge in [-0.2, -0.15) is 0 Å². The van der Waals surface area contributed by atoms with E-state index in [2.05, 4.69) is 26.2 Å². The topological polar surface area (TPSA) is 42.0 Å². The van der Waals surface area contributed by atoms with Crippen LogP contribution in [-0.4, -0.2) is 10.9 Å². The van der Waals surface area contributed by atoms with Crippen molar-refractivity contribution in [3.05, 3.63) is 58.6 Å². The van der Waals surface area contributed by atoms with Crippen LogP contribution in [0.5, 0.6) is 0 Å². The predicted octanol–water partition coefficient (Wildman–Crippen LogP) is 3.73. The molecule has 98 valence electrons. The summed E-state index contributed by atoms with van der Waals surface area (Å²) in [5.74, 6) is -1.16. The van der Waals surface area contributed by atoms with Crippen LogP contribution < -0.4 is 5.32 Å². The molecule has 3 nitrogen and oxygen atoms in total. The first-order valence-electron chi connectivity index (χ1n) is 5.74. The fourth-order valence-corrected chi connectivity index (χ4v) is 1.88. The zero-order chi connectivity index (χ0) is 13.8. The fraction of sp³-hybridized carbons (Fsp3) is 0.143. The van der Waals surface area contributed by atoms with Crippen LogP contribution in [0, 0.1) is 5.82 Å². The molecule has 2 rings (SSSR count). The summed E-state index contributed by atoms with van der Waals surface area (Å²) < 4.78 is 14.3. The molecule has 1 aromatic carbocycles. The van der Waals surface area contributed by atoms with E-state index >= 15 is 0 Å². The number of nitrogens with one attached hydrogen (secondary N) is 1. The van der Waals surface area contributed by atoms with E-state index in [9.17, 15) is 9.18 Å². The van der Waals surface area contributed by atoms with Crippen molar-refractivity contribution < 1.29 is 9.18 Å².